The highest BCUT2D eigenvalue weighted by molar-refractivity contribution is 7.45. The van der Waals surface area contributed by atoms with Crippen LogP contribution in [0.5, 0.6) is 17.2 Å². The minimum Gasteiger partial charge on any atom is -0.508 e. The average Bonchev–Trinajstić information content (AvgIpc) is 1.91. The van der Waals surface area contributed by atoms with Crippen molar-refractivity contribution in [2.45, 2.75) is 0 Å². The fourth-order valence-electron chi connectivity index (χ4n) is 0.580. The number of hydrogen-bond acceptors (Lipinski definition) is 5. The molecule has 0 unspecified atom stereocenters. The van der Waals surface area contributed by atoms with Crippen molar-refractivity contribution in [2.24, 2.45) is 0 Å². The third-order valence-corrected chi connectivity index (χ3v) is 0.887. The van der Waals surface area contributed by atoms with E-state index in [1.807, 2.05) is 0 Å². The van der Waals surface area contributed by atoms with Crippen LogP contribution in [0.4, 0.5) is 0 Å². The van der Waals surface area contributed by atoms with Gasteiger partial charge in [0.2, 0.25) is 0 Å². The maximum absolute atomic E-state index is 8.88. The first kappa shape index (κ1) is 20.2. The topological polar surface area (TPSA) is 216 Å². The Labute approximate surface area is 106 Å². The van der Waals surface area contributed by atoms with Crippen molar-refractivity contribution in [1.29, 1.82) is 0 Å². The molecule has 0 aliphatic carbocycles. The molecule has 0 heterocycles. The maximum atomic E-state index is 8.88. The van der Waals surface area contributed by atoms with Crippen molar-refractivity contribution in [2.75, 3.05) is 0 Å². The van der Waals surface area contributed by atoms with Crippen molar-refractivity contribution in [3.8, 4) is 17.2 Å². The molecule has 0 aliphatic rings. The minimum atomic E-state index is -4.64. The van der Waals surface area contributed by atoms with E-state index >= 15 is 0 Å². The SMILES string of the molecule is O=P(O)(O)O.O=P(O)(O)O.Oc1cc(O)cc(O)c1. The standard InChI is InChI=1S/C6H6O3.2H3O4P/c7-4-1-5(8)3-6(9)2-4;2*1-5(2,3)4/h1-3,7-9H;2*(H3,1,2,3,4). The molecule has 9 N–H and O–H groups in total. The molecule has 1 rings (SSSR count). The third-order valence-electron chi connectivity index (χ3n) is 0.887. The average molecular weight is 322 g/mol. The van der Waals surface area contributed by atoms with E-state index in [1.54, 1.807) is 0 Å². The van der Waals surface area contributed by atoms with Crippen LogP contribution in [0.25, 0.3) is 0 Å². The fourth-order valence-corrected chi connectivity index (χ4v) is 0.580. The molecule has 0 spiro atoms. The zero-order valence-electron chi connectivity index (χ0n) is 8.97. The summed E-state index contributed by atoms with van der Waals surface area (Å²) < 4.78 is 17.8. The lowest BCUT2D eigenvalue weighted by molar-refractivity contribution is 0.272. The first-order valence-electron chi connectivity index (χ1n) is 3.97. The van der Waals surface area contributed by atoms with Gasteiger partial charge in [0.1, 0.15) is 17.2 Å². The van der Waals surface area contributed by atoms with Crippen molar-refractivity contribution in [3.05, 3.63) is 18.2 Å². The predicted molar refractivity (Wildman–Crippen MR) is 60.0 cm³/mol. The number of phenols is 3. The molecule has 0 saturated carbocycles. The second-order valence-electron chi connectivity index (χ2n) is 2.73. The van der Waals surface area contributed by atoms with E-state index in [0.717, 1.165) is 18.2 Å². The van der Waals surface area contributed by atoms with Crippen molar-refractivity contribution >= 4 is 15.6 Å². The van der Waals surface area contributed by atoms with Crippen LogP contribution in [-0.4, -0.2) is 44.7 Å². The lowest BCUT2D eigenvalue weighted by Crippen LogP contribution is -1.66. The van der Waals surface area contributed by atoms with Gasteiger partial charge in [-0.15, -0.1) is 0 Å². The number of rotatable bonds is 0. The summed E-state index contributed by atoms with van der Waals surface area (Å²) in [5, 5.41) is 26.0. The maximum Gasteiger partial charge on any atom is 0.466 e. The van der Waals surface area contributed by atoms with Gasteiger partial charge in [0.15, 0.2) is 0 Å². The second-order valence-corrected chi connectivity index (χ2v) is 4.79. The monoisotopic (exact) mass is 322 g/mol. The van der Waals surface area contributed by atoms with Gasteiger partial charge in [-0.25, -0.2) is 9.13 Å². The zero-order chi connectivity index (χ0) is 15.9. The summed E-state index contributed by atoms with van der Waals surface area (Å²) in [6, 6.07) is 3.42. The van der Waals surface area contributed by atoms with Crippen LogP contribution in [0.2, 0.25) is 0 Å². The largest absolute Gasteiger partial charge is 0.508 e. The Morgan fingerprint density at radius 2 is 0.684 bits per heavy atom. The van der Waals surface area contributed by atoms with E-state index in [9.17, 15) is 0 Å². The molecule has 112 valence electrons. The van der Waals surface area contributed by atoms with Crippen LogP contribution in [0.15, 0.2) is 18.2 Å². The van der Waals surface area contributed by atoms with E-state index in [1.165, 1.54) is 0 Å². The van der Waals surface area contributed by atoms with E-state index in [2.05, 4.69) is 0 Å². The summed E-state index contributed by atoms with van der Waals surface area (Å²) >= 11 is 0. The van der Waals surface area contributed by atoms with Gasteiger partial charge in [-0.05, 0) is 0 Å². The van der Waals surface area contributed by atoms with Gasteiger partial charge in [-0.1, -0.05) is 0 Å². The first-order chi connectivity index (χ1) is 8.18. The highest BCUT2D eigenvalue weighted by Crippen LogP contribution is 2.26. The highest BCUT2D eigenvalue weighted by atomic mass is 31.2. The molecule has 0 aromatic heterocycles. The number of aromatic hydroxyl groups is 3. The predicted octanol–water partition coefficient (Wildman–Crippen LogP) is -1.05. The van der Waals surface area contributed by atoms with Gasteiger partial charge in [-0.3, -0.25) is 0 Å². The molecule has 19 heavy (non-hydrogen) atoms. The van der Waals surface area contributed by atoms with Crippen LogP contribution in [-0.2, 0) is 9.13 Å². The van der Waals surface area contributed by atoms with E-state index in [-0.39, 0.29) is 17.2 Å². The van der Waals surface area contributed by atoms with E-state index in [4.69, 9.17) is 53.8 Å². The van der Waals surface area contributed by atoms with Gasteiger partial charge in [-0.2, -0.15) is 0 Å². The van der Waals surface area contributed by atoms with Crippen molar-refractivity contribution in [1.82, 2.24) is 0 Å². The number of phosphoric acid groups is 2. The van der Waals surface area contributed by atoms with E-state index in [0.29, 0.717) is 0 Å². The fraction of sp³-hybridized carbons (Fsp3) is 0. The number of hydrogen-bond donors (Lipinski definition) is 9. The molecule has 0 atom stereocenters. The number of phenolic OH excluding ortho intramolecular Hbond substituents is 3. The van der Waals surface area contributed by atoms with Gasteiger partial charge in [0.25, 0.3) is 0 Å². The Kier molecular flexibility index (Phi) is 8.60. The van der Waals surface area contributed by atoms with Gasteiger partial charge >= 0.3 is 15.6 Å². The Morgan fingerprint density at radius 3 is 0.789 bits per heavy atom. The van der Waals surface area contributed by atoms with Crippen LogP contribution >= 0.6 is 15.6 Å². The summed E-state index contributed by atoms with van der Waals surface area (Å²) in [6.07, 6.45) is 0. The van der Waals surface area contributed by atoms with Crippen LogP contribution in [0, 0.1) is 0 Å². The smallest absolute Gasteiger partial charge is 0.466 e. The summed E-state index contributed by atoms with van der Waals surface area (Å²) in [4.78, 5) is 43.1. The third kappa shape index (κ3) is 31.6. The zero-order valence-corrected chi connectivity index (χ0v) is 10.8. The summed E-state index contributed by atoms with van der Waals surface area (Å²) in [7, 11) is -9.28. The molecule has 1 aromatic rings. The normalized spacial score (nSPS) is 10.6. The molecule has 0 radical (unpaired) electrons. The molecular weight excluding hydrogens is 310 g/mol. The molecule has 0 amide bonds. The minimum absolute atomic E-state index is 0.146. The van der Waals surface area contributed by atoms with Crippen LogP contribution in [0.1, 0.15) is 0 Å². The van der Waals surface area contributed by atoms with E-state index < -0.39 is 15.6 Å². The quantitative estimate of drug-likeness (QED) is 0.262. The van der Waals surface area contributed by atoms with Crippen molar-refractivity contribution < 1.29 is 53.8 Å². The summed E-state index contributed by atoms with van der Waals surface area (Å²) in [5.74, 6) is -0.437. The molecule has 0 fully saturated rings. The molecular formula is C6H12O11P2. The Morgan fingerprint density at radius 1 is 0.579 bits per heavy atom. The van der Waals surface area contributed by atoms with Crippen LogP contribution in [0.3, 0.4) is 0 Å². The highest BCUT2D eigenvalue weighted by Gasteiger charge is 2.00. The van der Waals surface area contributed by atoms with Gasteiger partial charge in [0, 0.05) is 18.2 Å². The lowest BCUT2D eigenvalue weighted by atomic mass is 10.3. The Hall–Kier alpha value is -1.16. The summed E-state index contributed by atoms with van der Waals surface area (Å²) in [6.45, 7) is 0. The van der Waals surface area contributed by atoms with Gasteiger partial charge < -0.3 is 44.7 Å². The Balaban J connectivity index is 0. The first-order valence-corrected chi connectivity index (χ1v) is 7.10. The number of benzene rings is 1. The van der Waals surface area contributed by atoms with Gasteiger partial charge in [0.05, 0.1) is 0 Å². The molecule has 0 saturated heterocycles. The summed E-state index contributed by atoms with van der Waals surface area (Å²) in [5.41, 5.74) is 0. The molecule has 11 nitrogen and oxygen atoms in total. The molecule has 1 aromatic carbocycles. The van der Waals surface area contributed by atoms with Crippen molar-refractivity contribution in [3.63, 3.8) is 0 Å². The molecule has 0 bridgehead atoms. The molecule has 13 heteroatoms. The van der Waals surface area contributed by atoms with Crippen LogP contribution < -0.4 is 0 Å². The second kappa shape index (κ2) is 8.10. The Bertz CT molecular complexity index is 387. The molecule has 0 aliphatic heterocycles. The lowest BCUT2D eigenvalue weighted by Gasteiger charge is -1.94.